The molecule has 0 heterocycles. The van der Waals surface area contributed by atoms with Crippen molar-refractivity contribution in [3.8, 4) is 0 Å². The molecule has 0 aliphatic carbocycles. The van der Waals surface area contributed by atoms with Crippen molar-refractivity contribution in [2.45, 2.75) is 59.8 Å². The van der Waals surface area contributed by atoms with Gasteiger partial charge in [0.15, 0.2) is 0 Å². The summed E-state index contributed by atoms with van der Waals surface area (Å²) in [4.78, 5) is 0. The van der Waals surface area contributed by atoms with Crippen LogP contribution in [0, 0.1) is 17.3 Å². The smallest absolute Gasteiger partial charge is 0.0152 e. The van der Waals surface area contributed by atoms with E-state index in [-0.39, 0.29) is 0 Å². The largest absolute Gasteiger partial charge is 0.0998 e. The molecule has 3 aromatic rings. The molecule has 0 amide bonds. The summed E-state index contributed by atoms with van der Waals surface area (Å²) in [5.74, 6) is 1.31. The third-order valence-corrected chi connectivity index (χ3v) is 6.51. The normalized spacial score (nSPS) is 13.9. The number of allylic oxidation sites excluding steroid dienone is 1. The minimum atomic E-state index is 0.294. The van der Waals surface area contributed by atoms with Crippen molar-refractivity contribution in [2.24, 2.45) is 17.3 Å². The van der Waals surface area contributed by atoms with Crippen molar-refractivity contribution in [2.75, 3.05) is 0 Å². The lowest BCUT2D eigenvalue weighted by atomic mass is 9.72. The van der Waals surface area contributed by atoms with Gasteiger partial charge in [0.25, 0.3) is 0 Å². The van der Waals surface area contributed by atoms with Gasteiger partial charge in [0.1, 0.15) is 0 Å². The van der Waals surface area contributed by atoms with Crippen LogP contribution < -0.4 is 0 Å². The molecule has 0 fully saturated rings. The predicted molar refractivity (Wildman–Crippen MR) is 133 cm³/mol. The number of aryl methyl sites for hydroxylation is 1. The standard InChI is InChI=1S/C30H38/c1-23(18-19-25-12-7-6-8-13-25)21-28(30(3,4)5)22-24(2)20-27-16-11-15-26-14-9-10-17-29(26)27/h6-17,24,28H,1,18-22H2,2-5H3. The molecule has 0 saturated carbocycles. The Morgan fingerprint density at radius 2 is 1.53 bits per heavy atom. The van der Waals surface area contributed by atoms with E-state index in [9.17, 15) is 0 Å². The molecular weight excluding hydrogens is 360 g/mol. The molecule has 0 aliphatic rings. The molecule has 30 heavy (non-hydrogen) atoms. The van der Waals surface area contributed by atoms with E-state index in [0.29, 0.717) is 17.3 Å². The molecule has 3 aromatic carbocycles. The lowest BCUT2D eigenvalue weighted by molar-refractivity contribution is 0.196. The van der Waals surface area contributed by atoms with Gasteiger partial charge in [-0.25, -0.2) is 0 Å². The van der Waals surface area contributed by atoms with Gasteiger partial charge in [-0.3, -0.25) is 0 Å². The van der Waals surface area contributed by atoms with E-state index < -0.39 is 0 Å². The molecule has 0 aromatic heterocycles. The van der Waals surface area contributed by atoms with E-state index >= 15 is 0 Å². The number of benzene rings is 3. The van der Waals surface area contributed by atoms with E-state index in [1.54, 1.807) is 0 Å². The van der Waals surface area contributed by atoms with Gasteiger partial charge in [0, 0.05) is 0 Å². The maximum atomic E-state index is 4.46. The van der Waals surface area contributed by atoms with Crippen LogP contribution in [-0.4, -0.2) is 0 Å². The van der Waals surface area contributed by atoms with E-state index in [2.05, 4.69) is 107 Å². The first-order chi connectivity index (χ1) is 14.3. The Balaban J connectivity index is 1.62. The highest BCUT2D eigenvalue weighted by Crippen LogP contribution is 2.37. The molecule has 0 N–H and O–H groups in total. The minimum absolute atomic E-state index is 0.294. The van der Waals surface area contributed by atoms with Crippen LogP contribution in [0.4, 0.5) is 0 Å². The van der Waals surface area contributed by atoms with Gasteiger partial charge in [-0.1, -0.05) is 113 Å². The second-order valence-corrected chi connectivity index (χ2v) is 10.2. The van der Waals surface area contributed by atoms with Crippen LogP contribution in [0.15, 0.2) is 84.9 Å². The summed E-state index contributed by atoms with van der Waals surface area (Å²) < 4.78 is 0. The molecule has 3 rings (SSSR count). The second kappa shape index (κ2) is 10.1. The Morgan fingerprint density at radius 3 is 2.27 bits per heavy atom. The second-order valence-electron chi connectivity index (χ2n) is 10.2. The van der Waals surface area contributed by atoms with Gasteiger partial charge < -0.3 is 0 Å². The maximum Gasteiger partial charge on any atom is -0.0152 e. The van der Waals surface area contributed by atoms with E-state index in [1.165, 1.54) is 33.9 Å². The predicted octanol–water partition coefficient (Wildman–Crippen LogP) is 8.65. The fourth-order valence-electron chi connectivity index (χ4n) is 4.57. The molecule has 158 valence electrons. The number of hydrogen-bond donors (Lipinski definition) is 0. The molecule has 0 bridgehead atoms. The summed E-state index contributed by atoms with van der Waals surface area (Å²) in [5.41, 5.74) is 4.59. The molecule has 0 heteroatoms. The van der Waals surface area contributed by atoms with Crippen LogP contribution in [0.5, 0.6) is 0 Å². The van der Waals surface area contributed by atoms with E-state index in [1.807, 2.05) is 0 Å². The number of fused-ring (bicyclic) bond motifs is 1. The highest BCUT2D eigenvalue weighted by atomic mass is 14.3. The van der Waals surface area contributed by atoms with Gasteiger partial charge in [0.05, 0.1) is 0 Å². The molecule has 0 saturated heterocycles. The van der Waals surface area contributed by atoms with E-state index in [4.69, 9.17) is 0 Å². The fourth-order valence-corrected chi connectivity index (χ4v) is 4.57. The van der Waals surface area contributed by atoms with Crippen molar-refractivity contribution in [1.29, 1.82) is 0 Å². The molecule has 2 unspecified atom stereocenters. The highest BCUT2D eigenvalue weighted by molar-refractivity contribution is 5.85. The summed E-state index contributed by atoms with van der Waals surface area (Å²) in [6.07, 6.45) is 5.72. The van der Waals surface area contributed by atoms with Crippen LogP contribution >= 0.6 is 0 Å². The summed E-state index contributed by atoms with van der Waals surface area (Å²) >= 11 is 0. The van der Waals surface area contributed by atoms with Gasteiger partial charge in [-0.05, 0) is 71.3 Å². The monoisotopic (exact) mass is 398 g/mol. The number of hydrogen-bond acceptors (Lipinski definition) is 0. The average molecular weight is 399 g/mol. The third kappa shape index (κ3) is 6.33. The van der Waals surface area contributed by atoms with Crippen LogP contribution in [0.3, 0.4) is 0 Å². The highest BCUT2D eigenvalue weighted by Gasteiger charge is 2.27. The zero-order chi connectivity index (χ0) is 21.6. The molecule has 0 nitrogen and oxygen atoms in total. The van der Waals surface area contributed by atoms with Gasteiger partial charge >= 0.3 is 0 Å². The summed E-state index contributed by atoms with van der Waals surface area (Å²) in [7, 11) is 0. The quantitative estimate of drug-likeness (QED) is 0.316. The fraction of sp³-hybridized carbons (Fsp3) is 0.400. The van der Waals surface area contributed by atoms with Crippen molar-refractivity contribution in [3.63, 3.8) is 0 Å². The van der Waals surface area contributed by atoms with Crippen molar-refractivity contribution in [1.82, 2.24) is 0 Å². The Bertz CT molecular complexity index is 937. The molecule has 2 atom stereocenters. The minimum Gasteiger partial charge on any atom is -0.0998 e. The maximum absolute atomic E-state index is 4.46. The van der Waals surface area contributed by atoms with Gasteiger partial charge in [-0.15, -0.1) is 0 Å². The first kappa shape index (κ1) is 22.3. The first-order valence-corrected chi connectivity index (χ1v) is 11.5. The van der Waals surface area contributed by atoms with Crippen LogP contribution in [0.1, 0.15) is 58.1 Å². The SMILES string of the molecule is C=C(CCc1ccccc1)CC(CC(C)Cc1cccc2ccccc12)C(C)(C)C. The Morgan fingerprint density at radius 1 is 0.867 bits per heavy atom. The van der Waals surface area contributed by atoms with Crippen LogP contribution in [0.25, 0.3) is 10.8 Å². The Kier molecular flexibility index (Phi) is 7.53. The lowest BCUT2D eigenvalue weighted by Crippen LogP contribution is -2.24. The number of rotatable bonds is 9. The topological polar surface area (TPSA) is 0 Å². The summed E-state index contributed by atoms with van der Waals surface area (Å²) in [5, 5.41) is 2.76. The average Bonchev–Trinajstić information content (AvgIpc) is 2.72. The molecule has 0 spiro atoms. The summed E-state index contributed by atoms with van der Waals surface area (Å²) in [6.45, 7) is 14.1. The third-order valence-electron chi connectivity index (χ3n) is 6.51. The zero-order valence-electron chi connectivity index (χ0n) is 19.3. The van der Waals surface area contributed by atoms with Gasteiger partial charge in [0.2, 0.25) is 0 Å². The molecule has 0 radical (unpaired) electrons. The Labute approximate surface area is 184 Å². The van der Waals surface area contributed by atoms with Crippen LogP contribution in [0.2, 0.25) is 0 Å². The summed E-state index contributed by atoms with van der Waals surface area (Å²) in [6, 6.07) is 26.3. The van der Waals surface area contributed by atoms with Crippen molar-refractivity contribution < 1.29 is 0 Å². The first-order valence-electron chi connectivity index (χ1n) is 11.5. The van der Waals surface area contributed by atoms with Crippen molar-refractivity contribution in [3.05, 3.63) is 96.1 Å². The Hall–Kier alpha value is -2.34. The van der Waals surface area contributed by atoms with E-state index in [0.717, 1.165) is 25.7 Å². The molecular formula is C30H38. The zero-order valence-corrected chi connectivity index (χ0v) is 19.3. The van der Waals surface area contributed by atoms with Crippen molar-refractivity contribution >= 4 is 10.8 Å². The lowest BCUT2D eigenvalue weighted by Gasteiger charge is -2.34. The van der Waals surface area contributed by atoms with Gasteiger partial charge in [-0.2, -0.15) is 0 Å². The van der Waals surface area contributed by atoms with Crippen LogP contribution in [-0.2, 0) is 12.8 Å². The molecule has 0 aliphatic heterocycles.